The standard InChI is InChI=1S/C12H10N2O2.C6H7NO.Pt/c15-11-7-3-1-5-9(11)13-14-10-6-2-4-8-12(10)16;8-5-6-1-3-7-4-2-6;/h1-8,15-16H;1-4,8H,5H2;. The molecule has 0 aliphatic carbocycles. The van der Waals surface area contributed by atoms with Crippen molar-refractivity contribution in [1.29, 1.82) is 0 Å². The van der Waals surface area contributed by atoms with Gasteiger partial charge in [-0.05, 0) is 42.0 Å². The van der Waals surface area contributed by atoms with E-state index in [1.807, 2.05) is 0 Å². The molecule has 0 unspecified atom stereocenters. The molecule has 0 aliphatic heterocycles. The molecule has 1 heterocycles. The van der Waals surface area contributed by atoms with Crippen LogP contribution in [0.5, 0.6) is 11.5 Å². The fraction of sp³-hybridized carbons (Fsp3) is 0.0556. The molecule has 0 saturated carbocycles. The molecule has 0 amide bonds. The molecule has 132 valence electrons. The summed E-state index contributed by atoms with van der Waals surface area (Å²) in [6.45, 7) is 0.0997. The average Bonchev–Trinajstić information content (AvgIpc) is 2.63. The number of para-hydroxylation sites is 2. The van der Waals surface area contributed by atoms with E-state index in [-0.39, 0.29) is 39.2 Å². The van der Waals surface area contributed by atoms with Crippen molar-refractivity contribution >= 4 is 11.4 Å². The quantitative estimate of drug-likeness (QED) is 0.455. The van der Waals surface area contributed by atoms with Crippen molar-refractivity contribution in [2.75, 3.05) is 0 Å². The SMILES string of the molecule is OCc1ccncc1.Oc1ccccc1N=Nc1ccccc1O.[Pt]. The summed E-state index contributed by atoms with van der Waals surface area (Å²) < 4.78 is 0. The van der Waals surface area contributed by atoms with Gasteiger partial charge in [-0.25, -0.2) is 0 Å². The second kappa shape index (κ2) is 11.1. The number of aliphatic hydroxyl groups excluding tert-OH is 1. The molecule has 3 aromatic rings. The van der Waals surface area contributed by atoms with Gasteiger partial charge in [0.15, 0.2) is 0 Å². The number of benzene rings is 2. The molecule has 0 radical (unpaired) electrons. The molecule has 1 aromatic heterocycles. The van der Waals surface area contributed by atoms with E-state index in [1.165, 1.54) is 12.1 Å². The van der Waals surface area contributed by atoms with Gasteiger partial charge in [0.25, 0.3) is 0 Å². The van der Waals surface area contributed by atoms with E-state index in [9.17, 15) is 10.2 Å². The van der Waals surface area contributed by atoms with Crippen molar-refractivity contribution in [1.82, 2.24) is 4.98 Å². The molecule has 0 saturated heterocycles. The van der Waals surface area contributed by atoms with Crippen LogP contribution in [-0.4, -0.2) is 20.3 Å². The number of nitrogens with zero attached hydrogens (tertiary/aromatic N) is 3. The van der Waals surface area contributed by atoms with Crippen LogP contribution in [0.1, 0.15) is 5.56 Å². The van der Waals surface area contributed by atoms with Crippen molar-refractivity contribution in [2.24, 2.45) is 10.2 Å². The second-order valence-corrected chi connectivity index (χ2v) is 4.69. The van der Waals surface area contributed by atoms with E-state index in [0.29, 0.717) is 11.4 Å². The van der Waals surface area contributed by atoms with E-state index >= 15 is 0 Å². The van der Waals surface area contributed by atoms with Crippen LogP contribution in [-0.2, 0) is 27.7 Å². The van der Waals surface area contributed by atoms with Crippen LogP contribution >= 0.6 is 0 Å². The van der Waals surface area contributed by atoms with Gasteiger partial charge in [0.05, 0.1) is 6.61 Å². The summed E-state index contributed by atoms with van der Waals surface area (Å²) in [6.07, 6.45) is 3.32. The molecule has 0 atom stereocenters. The minimum absolute atomic E-state index is 0. The van der Waals surface area contributed by atoms with Crippen LogP contribution in [0.4, 0.5) is 11.4 Å². The summed E-state index contributed by atoms with van der Waals surface area (Å²) in [4.78, 5) is 3.78. The molecule has 3 rings (SSSR count). The molecule has 0 aliphatic rings. The fourth-order valence-electron chi connectivity index (χ4n) is 1.69. The van der Waals surface area contributed by atoms with E-state index in [4.69, 9.17) is 5.11 Å². The first-order valence-electron chi connectivity index (χ1n) is 7.18. The van der Waals surface area contributed by atoms with Crippen molar-refractivity contribution in [3.63, 3.8) is 0 Å². The van der Waals surface area contributed by atoms with Gasteiger partial charge in [0.2, 0.25) is 0 Å². The first kappa shape index (κ1) is 20.5. The molecule has 25 heavy (non-hydrogen) atoms. The van der Waals surface area contributed by atoms with Crippen LogP contribution < -0.4 is 0 Å². The van der Waals surface area contributed by atoms with Crippen LogP contribution in [0.15, 0.2) is 83.3 Å². The number of hydrogen-bond donors (Lipinski definition) is 3. The van der Waals surface area contributed by atoms with Crippen molar-refractivity contribution < 1.29 is 36.4 Å². The van der Waals surface area contributed by atoms with Gasteiger partial charge in [0, 0.05) is 33.5 Å². The predicted octanol–water partition coefficient (Wildman–Crippen LogP) is 4.08. The zero-order valence-corrected chi connectivity index (χ0v) is 15.4. The first-order chi connectivity index (χ1) is 11.7. The van der Waals surface area contributed by atoms with Gasteiger partial charge >= 0.3 is 0 Å². The number of phenols is 2. The minimum atomic E-state index is 0. The number of rotatable bonds is 3. The van der Waals surface area contributed by atoms with Crippen LogP contribution in [0.3, 0.4) is 0 Å². The summed E-state index contributed by atoms with van der Waals surface area (Å²) in [5.74, 6) is 0.114. The van der Waals surface area contributed by atoms with E-state index in [2.05, 4.69) is 15.2 Å². The maximum atomic E-state index is 9.44. The Hall–Kier alpha value is -2.56. The Morgan fingerprint density at radius 2 is 1.16 bits per heavy atom. The number of pyridine rings is 1. The maximum Gasteiger partial charge on any atom is 0.143 e. The first-order valence-corrected chi connectivity index (χ1v) is 7.18. The van der Waals surface area contributed by atoms with E-state index in [1.54, 1.807) is 60.9 Å². The monoisotopic (exact) mass is 518 g/mol. The van der Waals surface area contributed by atoms with Gasteiger partial charge in [-0.1, -0.05) is 24.3 Å². The van der Waals surface area contributed by atoms with E-state index < -0.39 is 0 Å². The van der Waals surface area contributed by atoms with Gasteiger partial charge < -0.3 is 15.3 Å². The van der Waals surface area contributed by atoms with Gasteiger partial charge in [-0.15, -0.1) is 10.2 Å². The van der Waals surface area contributed by atoms with Crippen molar-refractivity contribution in [3.05, 3.63) is 78.6 Å². The van der Waals surface area contributed by atoms with Crippen molar-refractivity contribution in [2.45, 2.75) is 6.61 Å². The van der Waals surface area contributed by atoms with Gasteiger partial charge in [0.1, 0.15) is 22.9 Å². The number of aromatic hydroxyl groups is 2. The van der Waals surface area contributed by atoms with Crippen LogP contribution in [0, 0.1) is 0 Å². The molecule has 3 N–H and O–H groups in total. The Morgan fingerprint density at radius 3 is 1.52 bits per heavy atom. The summed E-state index contributed by atoms with van der Waals surface area (Å²) in [7, 11) is 0. The normalized spacial score (nSPS) is 9.80. The Balaban J connectivity index is 0.000000295. The molecular weight excluding hydrogens is 501 g/mol. The summed E-state index contributed by atoms with van der Waals surface area (Å²) in [6, 6.07) is 16.8. The van der Waals surface area contributed by atoms with E-state index in [0.717, 1.165) is 5.56 Å². The number of aliphatic hydroxyl groups is 1. The molecular formula is C18H17N3O3Pt. The third kappa shape index (κ3) is 6.83. The Labute approximate surface area is 159 Å². The topological polar surface area (TPSA) is 98.3 Å². The molecule has 7 heteroatoms. The predicted molar refractivity (Wildman–Crippen MR) is 90.5 cm³/mol. The zero-order valence-electron chi connectivity index (χ0n) is 13.1. The Bertz CT molecular complexity index is 751. The molecule has 0 bridgehead atoms. The zero-order chi connectivity index (χ0) is 17.2. The molecule has 0 fully saturated rings. The average molecular weight is 518 g/mol. The largest absolute Gasteiger partial charge is 0.506 e. The third-order valence-corrected chi connectivity index (χ3v) is 2.96. The van der Waals surface area contributed by atoms with Crippen LogP contribution in [0.25, 0.3) is 0 Å². The summed E-state index contributed by atoms with van der Waals surface area (Å²) in [5.41, 5.74) is 1.64. The number of hydrogen-bond acceptors (Lipinski definition) is 6. The van der Waals surface area contributed by atoms with Gasteiger partial charge in [-0.3, -0.25) is 4.98 Å². The molecule has 2 aromatic carbocycles. The molecule has 6 nitrogen and oxygen atoms in total. The third-order valence-electron chi connectivity index (χ3n) is 2.96. The summed E-state index contributed by atoms with van der Waals surface area (Å²) >= 11 is 0. The Kier molecular flexibility index (Phi) is 9.07. The minimum Gasteiger partial charge on any atom is -0.506 e. The second-order valence-electron chi connectivity index (χ2n) is 4.69. The summed E-state index contributed by atoms with van der Waals surface area (Å²) in [5, 5.41) is 35.1. The maximum absolute atomic E-state index is 9.44. The Morgan fingerprint density at radius 1 is 0.720 bits per heavy atom. The number of aromatic nitrogens is 1. The molecule has 0 spiro atoms. The smallest absolute Gasteiger partial charge is 0.143 e. The van der Waals surface area contributed by atoms with Gasteiger partial charge in [-0.2, -0.15) is 0 Å². The van der Waals surface area contributed by atoms with Crippen molar-refractivity contribution in [3.8, 4) is 11.5 Å². The number of azo groups is 1. The van der Waals surface area contributed by atoms with Crippen LogP contribution in [0.2, 0.25) is 0 Å². The fourth-order valence-corrected chi connectivity index (χ4v) is 1.69. The number of phenolic OH excluding ortho intramolecular Hbond substituents is 2.